The van der Waals surface area contributed by atoms with Gasteiger partial charge in [0.2, 0.25) is 0 Å². The molecule has 0 amide bonds. The summed E-state index contributed by atoms with van der Waals surface area (Å²) in [6, 6.07) is 6.07. The van der Waals surface area contributed by atoms with E-state index in [9.17, 15) is 4.79 Å². The van der Waals surface area contributed by atoms with Crippen LogP contribution in [-0.4, -0.2) is 5.78 Å². The van der Waals surface area contributed by atoms with Crippen molar-refractivity contribution in [2.45, 2.75) is 20.8 Å². The lowest BCUT2D eigenvalue weighted by atomic mass is 10.1. The minimum Gasteiger partial charge on any atom is -0.289 e. The molecule has 0 N–H and O–H groups in total. The number of hydrogen-bond acceptors (Lipinski definition) is 3. The van der Waals surface area contributed by atoms with Crippen molar-refractivity contribution in [3.63, 3.8) is 0 Å². The molecule has 1 nitrogen and oxygen atoms in total. The van der Waals surface area contributed by atoms with Crippen molar-refractivity contribution < 1.29 is 4.79 Å². The molecular formula is C14H14OS2. The first-order chi connectivity index (χ1) is 8.06. The van der Waals surface area contributed by atoms with Crippen molar-refractivity contribution >= 4 is 34.5 Å². The van der Waals surface area contributed by atoms with E-state index in [0.29, 0.717) is 0 Å². The standard InChI is InChI=1S/C14H14OS2/c1-9-4-5-12(17-9)6-7-14(15)13-8-10(2)16-11(13)3/h4-8H,1-3H3/b7-6+. The summed E-state index contributed by atoms with van der Waals surface area (Å²) in [7, 11) is 0. The summed E-state index contributed by atoms with van der Waals surface area (Å²) >= 11 is 3.37. The largest absolute Gasteiger partial charge is 0.289 e. The van der Waals surface area contributed by atoms with Crippen molar-refractivity contribution in [1.29, 1.82) is 0 Å². The molecule has 88 valence electrons. The van der Waals surface area contributed by atoms with E-state index in [4.69, 9.17) is 0 Å². The van der Waals surface area contributed by atoms with Crippen LogP contribution >= 0.6 is 22.7 Å². The molecule has 2 heterocycles. The van der Waals surface area contributed by atoms with E-state index in [-0.39, 0.29) is 5.78 Å². The zero-order valence-corrected chi connectivity index (χ0v) is 11.7. The van der Waals surface area contributed by atoms with Crippen molar-refractivity contribution in [2.75, 3.05) is 0 Å². The second-order valence-electron chi connectivity index (χ2n) is 3.97. The molecule has 0 saturated carbocycles. The minimum atomic E-state index is 0.0953. The van der Waals surface area contributed by atoms with E-state index in [1.54, 1.807) is 28.7 Å². The van der Waals surface area contributed by atoms with E-state index < -0.39 is 0 Å². The molecule has 2 aromatic rings. The molecule has 0 aliphatic rings. The third kappa shape index (κ3) is 2.93. The smallest absolute Gasteiger partial charge is 0.186 e. The summed E-state index contributed by atoms with van der Waals surface area (Å²) in [6.07, 6.45) is 3.56. The van der Waals surface area contributed by atoms with Crippen molar-refractivity contribution in [3.8, 4) is 0 Å². The first kappa shape index (κ1) is 12.3. The van der Waals surface area contributed by atoms with Crippen LogP contribution in [0.5, 0.6) is 0 Å². The number of hydrogen-bond donors (Lipinski definition) is 0. The highest BCUT2D eigenvalue weighted by molar-refractivity contribution is 7.13. The third-order valence-electron chi connectivity index (χ3n) is 2.47. The molecule has 0 fully saturated rings. The van der Waals surface area contributed by atoms with Gasteiger partial charge in [0.1, 0.15) is 0 Å². The first-order valence-corrected chi connectivity index (χ1v) is 7.05. The molecule has 0 spiro atoms. The highest BCUT2D eigenvalue weighted by Gasteiger charge is 2.08. The van der Waals surface area contributed by atoms with Gasteiger partial charge in [0.25, 0.3) is 0 Å². The number of allylic oxidation sites excluding steroid dienone is 1. The Morgan fingerprint density at radius 2 is 1.88 bits per heavy atom. The van der Waals surface area contributed by atoms with Crippen LogP contribution in [0.3, 0.4) is 0 Å². The van der Waals surface area contributed by atoms with Gasteiger partial charge in [0.15, 0.2) is 5.78 Å². The Hall–Kier alpha value is -1.19. The molecular weight excluding hydrogens is 248 g/mol. The highest BCUT2D eigenvalue weighted by Crippen LogP contribution is 2.22. The Bertz CT molecular complexity index is 573. The molecule has 0 aliphatic carbocycles. The first-order valence-electron chi connectivity index (χ1n) is 5.42. The van der Waals surface area contributed by atoms with Gasteiger partial charge in [-0.2, -0.15) is 0 Å². The predicted molar refractivity (Wildman–Crippen MR) is 76.2 cm³/mol. The van der Waals surface area contributed by atoms with Crippen LogP contribution in [-0.2, 0) is 0 Å². The van der Waals surface area contributed by atoms with E-state index in [0.717, 1.165) is 15.3 Å². The van der Waals surface area contributed by atoms with Crippen LogP contribution in [0.2, 0.25) is 0 Å². The Morgan fingerprint density at radius 1 is 1.12 bits per heavy atom. The third-order valence-corrected chi connectivity index (χ3v) is 4.40. The summed E-state index contributed by atoms with van der Waals surface area (Å²) in [4.78, 5) is 16.7. The topological polar surface area (TPSA) is 17.1 Å². The number of carbonyl (C=O) groups is 1. The molecule has 17 heavy (non-hydrogen) atoms. The highest BCUT2D eigenvalue weighted by atomic mass is 32.1. The lowest BCUT2D eigenvalue weighted by Gasteiger charge is -1.91. The normalized spacial score (nSPS) is 11.2. The van der Waals surface area contributed by atoms with Gasteiger partial charge in [0, 0.05) is 25.1 Å². The Kier molecular flexibility index (Phi) is 3.60. The Morgan fingerprint density at radius 3 is 2.41 bits per heavy atom. The zero-order valence-electron chi connectivity index (χ0n) is 10.1. The number of aryl methyl sites for hydroxylation is 3. The van der Waals surface area contributed by atoms with Crippen LogP contribution in [0.1, 0.15) is 29.9 Å². The van der Waals surface area contributed by atoms with Crippen LogP contribution in [0.15, 0.2) is 24.3 Å². The van der Waals surface area contributed by atoms with E-state index in [2.05, 4.69) is 13.0 Å². The quantitative estimate of drug-likeness (QED) is 0.582. The second-order valence-corrected chi connectivity index (χ2v) is 6.75. The van der Waals surface area contributed by atoms with Gasteiger partial charge in [0.05, 0.1) is 0 Å². The molecule has 0 atom stereocenters. The van der Waals surface area contributed by atoms with Crippen molar-refractivity contribution in [3.05, 3.63) is 49.3 Å². The predicted octanol–water partition coefficient (Wildman–Crippen LogP) is 4.63. The number of rotatable bonds is 3. The molecule has 0 radical (unpaired) electrons. The lowest BCUT2D eigenvalue weighted by Crippen LogP contribution is -1.93. The molecule has 0 aromatic carbocycles. The Balaban J connectivity index is 2.17. The number of carbonyl (C=O) groups excluding carboxylic acids is 1. The van der Waals surface area contributed by atoms with Crippen LogP contribution in [0, 0.1) is 20.8 Å². The monoisotopic (exact) mass is 262 g/mol. The maximum Gasteiger partial charge on any atom is 0.186 e. The molecule has 0 saturated heterocycles. The molecule has 0 aliphatic heterocycles. The van der Waals surface area contributed by atoms with Crippen LogP contribution < -0.4 is 0 Å². The molecule has 3 heteroatoms. The lowest BCUT2D eigenvalue weighted by molar-refractivity contribution is 0.104. The zero-order chi connectivity index (χ0) is 12.4. The van der Waals surface area contributed by atoms with E-state index in [1.165, 1.54) is 9.75 Å². The Labute approximate surface area is 109 Å². The SMILES string of the molecule is Cc1ccc(/C=C/C(=O)c2cc(C)sc2C)s1. The summed E-state index contributed by atoms with van der Waals surface area (Å²) in [5, 5.41) is 0. The number of ketones is 1. The second kappa shape index (κ2) is 4.98. The molecule has 2 aromatic heterocycles. The number of thiophene rings is 2. The van der Waals surface area contributed by atoms with Crippen LogP contribution in [0.25, 0.3) is 6.08 Å². The summed E-state index contributed by atoms with van der Waals surface area (Å²) in [5.41, 5.74) is 0.831. The average molecular weight is 262 g/mol. The molecule has 2 rings (SSSR count). The summed E-state index contributed by atoms with van der Waals surface area (Å²) in [6.45, 7) is 6.09. The maximum atomic E-state index is 12.0. The van der Waals surface area contributed by atoms with Gasteiger partial charge in [-0.25, -0.2) is 0 Å². The van der Waals surface area contributed by atoms with Crippen molar-refractivity contribution in [2.24, 2.45) is 0 Å². The fraction of sp³-hybridized carbons (Fsp3) is 0.214. The fourth-order valence-corrected chi connectivity index (χ4v) is 3.38. The van der Waals surface area contributed by atoms with E-state index in [1.807, 2.05) is 32.1 Å². The van der Waals surface area contributed by atoms with Crippen molar-refractivity contribution in [1.82, 2.24) is 0 Å². The molecule has 0 unspecified atom stereocenters. The minimum absolute atomic E-state index is 0.0953. The van der Waals surface area contributed by atoms with Gasteiger partial charge >= 0.3 is 0 Å². The van der Waals surface area contributed by atoms with E-state index >= 15 is 0 Å². The molecule has 0 bridgehead atoms. The van der Waals surface area contributed by atoms with Gasteiger partial charge in [-0.1, -0.05) is 0 Å². The van der Waals surface area contributed by atoms with Gasteiger partial charge in [-0.3, -0.25) is 4.79 Å². The van der Waals surface area contributed by atoms with Crippen LogP contribution in [0.4, 0.5) is 0 Å². The van der Waals surface area contributed by atoms with Gasteiger partial charge in [-0.05, 0) is 51.1 Å². The summed E-state index contributed by atoms with van der Waals surface area (Å²) in [5.74, 6) is 0.0953. The average Bonchev–Trinajstić information content (AvgIpc) is 2.81. The fourth-order valence-electron chi connectivity index (χ4n) is 1.67. The van der Waals surface area contributed by atoms with Gasteiger partial charge in [-0.15, -0.1) is 22.7 Å². The van der Waals surface area contributed by atoms with Gasteiger partial charge < -0.3 is 0 Å². The maximum absolute atomic E-state index is 12.0. The summed E-state index contributed by atoms with van der Waals surface area (Å²) < 4.78 is 0.